The maximum atomic E-state index is 11.2. The van der Waals surface area contributed by atoms with Crippen molar-refractivity contribution < 1.29 is 4.92 Å². The Hall–Kier alpha value is -1.73. The van der Waals surface area contributed by atoms with E-state index in [0.717, 1.165) is 26.7 Å². The van der Waals surface area contributed by atoms with Crippen LogP contribution in [0.4, 0.5) is 5.69 Å². The standard InChI is InChI=1S/C18H11BrINO2/c19-16-10-15(11-17(18(16)20)21(22)23)14-8-6-13(7-9-14)12-4-2-1-3-5-12/h1-11H. The SMILES string of the molecule is O=[N+]([O-])c1cc(-c2ccc(-c3ccccc3)cc2)cc(Br)c1I. The van der Waals surface area contributed by atoms with E-state index < -0.39 is 0 Å². The van der Waals surface area contributed by atoms with Crippen molar-refractivity contribution in [3.05, 3.63) is 84.9 Å². The van der Waals surface area contributed by atoms with E-state index >= 15 is 0 Å². The second kappa shape index (κ2) is 6.80. The van der Waals surface area contributed by atoms with Gasteiger partial charge in [0.15, 0.2) is 0 Å². The van der Waals surface area contributed by atoms with Crippen molar-refractivity contribution >= 4 is 44.2 Å². The lowest BCUT2D eigenvalue weighted by atomic mass is 10.0. The van der Waals surface area contributed by atoms with Gasteiger partial charge in [-0.1, -0.05) is 54.6 Å². The van der Waals surface area contributed by atoms with Crippen LogP contribution in [0.3, 0.4) is 0 Å². The Bertz CT molecular complexity index is 864. The van der Waals surface area contributed by atoms with Crippen LogP contribution in [0.5, 0.6) is 0 Å². The molecule has 5 heteroatoms. The zero-order valence-electron chi connectivity index (χ0n) is 11.9. The molecule has 0 unspecified atom stereocenters. The van der Waals surface area contributed by atoms with Crippen molar-refractivity contribution in [3.8, 4) is 22.3 Å². The molecule has 23 heavy (non-hydrogen) atoms. The summed E-state index contributed by atoms with van der Waals surface area (Å²) in [6, 6.07) is 21.7. The Morgan fingerprint density at radius 1 is 0.826 bits per heavy atom. The maximum Gasteiger partial charge on any atom is 0.284 e. The Morgan fingerprint density at radius 3 is 1.91 bits per heavy atom. The predicted octanol–water partition coefficient (Wildman–Crippen LogP) is 6.30. The molecule has 0 N–H and O–H groups in total. The highest BCUT2D eigenvalue weighted by molar-refractivity contribution is 14.1. The van der Waals surface area contributed by atoms with E-state index in [4.69, 9.17) is 0 Å². The van der Waals surface area contributed by atoms with Gasteiger partial charge in [-0.3, -0.25) is 10.1 Å². The van der Waals surface area contributed by atoms with Crippen LogP contribution in [0.2, 0.25) is 0 Å². The van der Waals surface area contributed by atoms with Crippen LogP contribution in [0.1, 0.15) is 0 Å². The summed E-state index contributed by atoms with van der Waals surface area (Å²) in [5.41, 5.74) is 4.15. The third kappa shape index (κ3) is 3.45. The van der Waals surface area contributed by atoms with Crippen LogP contribution in [0.25, 0.3) is 22.3 Å². The summed E-state index contributed by atoms with van der Waals surface area (Å²) in [7, 11) is 0. The molecule has 0 aliphatic carbocycles. The summed E-state index contributed by atoms with van der Waals surface area (Å²) in [4.78, 5) is 10.8. The van der Waals surface area contributed by atoms with Crippen molar-refractivity contribution in [2.45, 2.75) is 0 Å². The van der Waals surface area contributed by atoms with Crippen molar-refractivity contribution in [3.63, 3.8) is 0 Å². The van der Waals surface area contributed by atoms with Gasteiger partial charge in [0.1, 0.15) is 3.57 Å². The second-order valence-electron chi connectivity index (χ2n) is 4.99. The molecule has 0 bridgehead atoms. The van der Waals surface area contributed by atoms with Crippen LogP contribution in [-0.2, 0) is 0 Å². The first-order valence-corrected chi connectivity index (χ1v) is 8.73. The van der Waals surface area contributed by atoms with Gasteiger partial charge >= 0.3 is 0 Å². The predicted molar refractivity (Wildman–Crippen MR) is 104 cm³/mol. The molecule has 0 heterocycles. The van der Waals surface area contributed by atoms with E-state index in [-0.39, 0.29) is 10.6 Å². The Balaban J connectivity index is 2.01. The van der Waals surface area contributed by atoms with Gasteiger partial charge in [-0.2, -0.15) is 0 Å². The van der Waals surface area contributed by atoms with Gasteiger partial charge in [0, 0.05) is 10.5 Å². The molecule has 3 aromatic rings. The van der Waals surface area contributed by atoms with E-state index in [2.05, 4.69) is 28.1 Å². The fourth-order valence-electron chi connectivity index (χ4n) is 2.36. The maximum absolute atomic E-state index is 11.2. The van der Waals surface area contributed by atoms with E-state index in [1.807, 2.05) is 71.1 Å². The number of nitro groups is 1. The molecule has 0 fully saturated rings. The van der Waals surface area contributed by atoms with Crippen LogP contribution in [0, 0.1) is 13.7 Å². The molecule has 0 amide bonds. The van der Waals surface area contributed by atoms with E-state index in [9.17, 15) is 10.1 Å². The minimum atomic E-state index is -0.353. The second-order valence-corrected chi connectivity index (χ2v) is 6.92. The molecule has 0 aromatic heterocycles. The molecule has 114 valence electrons. The fourth-order valence-corrected chi connectivity index (χ4v) is 3.32. The number of hydrogen-bond donors (Lipinski definition) is 0. The molecule has 3 nitrogen and oxygen atoms in total. The van der Waals surface area contributed by atoms with Gasteiger partial charge in [0.2, 0.25) is 0 Å². The van der Waals surface area contributed by atoms with E-state index in [0.29, 0.717) is 3.57 Å². The first-order chi connectivity index (χ1) is 11.1. The van der Waals surface area contributed by atoms with Crippen LogP contribution >= 0.6 is 38.5 Å². The largest absolute Gasteiger partial charge is 0.284 e. The number of halogens is 2. The van der Waals surface area contributed by atoms with Gasteiger partial charge in [-0.25, -0.2) is 0 Å². The lowest BCUT2D eigenvalue weighted by molar-refractivity contribution is -0.385. The topological polar surface area (TPSA) is 43.1 Å². The number of nitrogens with zero attached hydrogens (tertiary/aromatic N) is 1. The van der Waals surface area contributed by atoms with E-state index in [1.165, 1.54) is 0 Å². The minimum Gasteiger partial charge on any atom is -0.258 e. The minimum absolute atomic E-state index is 0.113. The molecule has 0 aliphatic heterocycles. The first kappa shape index (κ1) is 16.1. The summed E-state index contributed by atoms with van der Waals surface area (Å²) in [5, 5.41) is 11.2. The lowest BCUT2D eigenvalue weighted by Crippen LogP contribution is -1.93. The van der Waals surface area contributed by atoms with Crippen molar-refractivity contribution in [1.82, 2.24) is 0 Å². The highest BCUT2D eigenvalue weighted by Gasteiger charge is 2.17. The number of benzene rings is 3. The molecular weight excluding hydrogens is 469 g/mol. The Labute approximate surface area is 155 Å². The van der Waals surface area contributed by atoms with Gasteiger partial charge in [-0.15, -0.1) is 0 Å². The highest BCUT2D eigenvalue weighted by atomic mass is 127. The average Bonchev–Trinajstić information content (AvgIpc) is 2.58. The van der Waals surface area contributed by atoms with Crippen LogP contribution < -0.4 is 0 Å². The number of hydrogen-bond acceptors (Lipinski definition) is 2. The molecular formula is C18H11BrINO2. The molecule has 3 aromatic carbocycles. The van der Waals surface area contributed by atoms with Crippen molar-refractivity contribution in [2.75, 3.05) is 0 Å². The summed E-state index contributed by atoms with van der Waals surface area (Å²) < 4.78 is 1.34. The lowest BCUT2D eigenvalue weighted by Gasteiger charge is -2.07. The summed E-state index contributed by atoms with van der Waals surface area (Å²) in [6.07, 6.45) is 0. The van der Waals surface area contributed by atoms with Gasteiger partial charge in [0.05, 0.1) is 4.92 Å². The quantitative estimate of drug-likeness (QED) is 0.251. The first-order valence-electron chi connectivity index (χ1n) is 6.85. The third-order valence-corrected chi connectivity index (χ3v) is 6.03. The third-order valence-electron chi connectivity index (χ3n) is 3.53. The summed E-state index contributed by atoms with van der Waals surface area (Å²) in [5.74, 6) is 0. The summed E-state index contributed by atoms with van der Waals surface area (Å²) in [6.45, 7) is 0. The van der Waals surface area contributed by atoms with Crippen LogP contribution in [-0.4, -0.2) is 4.92 Å². The molecule has 0 atom stereocenters. The Kier molecular flexibility index (Phi) is 4.77. The smallest absolute Gasteiger partial charge is 0.258 e. The van der Waals surface area contributed by atoms with Gasteiger partial charge < -0.3 is 0 Å². The normalized spacial score (nSPS) is 10.5. The summed E-state index contributed by atoms with van der Waals surface area (Å²) >= 11 is 5.38. The molecule has 0 saturated carbocycles. The molecule has 3 rings (SSSR count). The highest BCUT2D eigenvalue weighted by Crippen LogP contribution is 2.35. The van der Waals surface area contributed by atoms with Gasteiger partial charge in [0.25, 0.3) is 5.69 Å². The molecule has 0 aliphatic rings. The zero-order valence-corrected chi connectivity index (χ0v) is 15.6. The zero-order chi connectivity index (χ0) is 16.4. The number of nitro benzene ring substituents is 1. The number of rotatable bonds is 3. The monoisotopic (exact) mass is 479 g/mol. The van der Waals surface area contributed by atoms with Gasteiger partial charge in [-0.05, 0) is 66.8 Å². The fraction of sp³-hybridized carbons (Fsp3) is 0. The van der Waals surface area contributed by atoms with Crippen molar-refractivity contribution in [1.29, 1.82) is 0 Å². The van der Waals surface area contributed by atoms with E-state index in [1.54, 1.807) is 6.07 Å². The van der Waals surface area contributed by atoms with Crippen LogP contribution in [0.15, 0.2) is 71.2 Å². The molecule has 0 spiro atoms. The molecule has 0 radical (unpaired) electrons. The average molecular weight is 480 g/mol. The van der Waals surface area contributed by atoms with Crippen molar-refractivity contribution in [2.24, 2.45) is 0 Å². The molecule has 0 saturated heterocycles. The Morgan fingerprint density at radius 2 is 1.35 bits per heavy atom.